The number of halogens is 1. The Kier molecular flexibility index (Phi) is 3.91. The van der Waals surface area contributed by atoms with Gasteiger partial charge in [0.2, 0.25) is 0 Å². The molecule has 2 fully saturated rings. The number of likely N-dealkylation sites (tertiary alicyclic amines) is 1. The number of piperidine rings is 1. The van der Waals surface area contributed by atoms with Crippen molar-refractivity contribution < 1.29 is 18.7 Å². The molecule has 104 valence electrons. The summed E-state index contributed by atoms with van der Waals surface area (Å²) in [5.74, 6) is 0.270. The Balaban J connectivity index is 1.77. The lowest BCUT2D eigenvalue weighted by Crippen LogP contribution is -2.50. The van der Waals surface area contributed by atoms with Crippen molar-refractivity contribution in [3.05, 3.63) is 22.6 Å². The zero-order valence-electron chi connectivity index (χ0n) is 10.5. The molecule has 5 nitrogen and oxygen atoms in total. The van der Waals surface area contributed by atoms with Gasteiger partial charge < -0.3 is 18.8 Å². The van der Waals surface area contributed by atoms with Gasteiger partial charge in [-0.1, -0.05) is 0 Å². The van der Waals surface area contributed by atoms with E-state index in [0.29, 0.717) is 23.6 Å². The molecular formula is C13H16BrNO4. The van der Waals surface area contributed by atoms with Gasteiger partial charge in [0.1, 0.15) is 0 Å². The standard InChI is InChI=1S/C13H16BrNO4/c14-11-5-4-10(19-11)12(16)15-6-2-1-3-9(15)13-17-7-8-18-13/h4-5,9,13H,1-3,6-8H2. The fourth-order valence-electron chi connectivity index (χ4n) is 2.66. The smallest absolute Gasteiger partial charge is 0.290 e. The van der Waals surface area contributed by atoms with Crippen molar-refractivity contribution in [1.29, 1.82) is 0 Å². The van der Waals surface area contributed by atoms with E-state index in [0.717, 1.165) is 25.8 Å². The summed E-state index contributed by atoms with van der Waals surface area (Å²) < 4.78 is 17.0. The fourth-order valence-corrected chi connectivity index (χ4v) is 2.97. The molecule has 0 radical (unpaired) electrons. The van der Waals surface area contributed by atoms with Crippen LogP contribution in [0.3, 0.4) is 0 Å². The molecule has 1 aromatic heterocycles. The number of carbonyl (C=O) groups is 1. The molecule has 3 rings (SSSR count). The van der Waals surface area contributed by atoms with E-state index in [4.69, 9.17) is 13.9 Å². The summed E-state index contributed by atoms with van der Waals surface area (Å²) in [5.41, 5.74) is 0. The molecule has 0 bridgehead atoms. The molecule has 1 aromatic rings. The molecule has 2 saturated heterocycles. The quantitative estimate of drug-likeness (QED) is 0.836. The number of amides is 1. The normalized spacial score (nSPS) is 24.9. The fraction of sp³-hybridized carbons (Fsp3) is 0.615. The van der Waals surface area contributed by atoms with Crippen molar-refractivity contribution in [2.75, 3.05) is 19.8 Å². The minimum atomic E-state index is -0.289. The SMILES string of the molecule is O=C(c1ccc(Br)o1)N1CCCCC1C1OCCO1. The van der Waals surface area contributed by atoms with E-state index < -0.39 is 0 Å². The van der Waals surface area contributed by atoms with Gasteiger partial charge in [-0.15, -0.1) is 0 Å². The Morgan fingerprint density at radius 3 is 2.74 bits per heavy atom. The number of furan rings is 1. The number of hydrogen-bond acceptors (Lipinski definition) is 4. The lowest BCUT2D eigenvalue weighted by Gasteiger charge is -2.37. The summed E-state index contributed by atoms with van der Waals surface area (Å²) in [6.07, 6.45) is 2.73. The Morgan fingerprint density at radius 2 is 2.05 bits per heavy atom. The minimum absolute atomic E-state index is 0.00683. The van der Waals surface area contributed by atoms with Crippen molar-refractivity contribution in [2.45, 2.75) is 31.6 Å². The van der Waals surface area contributed by atoms with E-state index in [9.17, 15) is 4.79 Å². The molecule has 0 N–H and O–H groups in total. The number of rotatable bonds is 2. The summed E-state index contributed by atoms with van der Waals surface area (Å²) >= 11 is 3.22. The molecule has 1 atom stereocenters. The lowest BCUT2D eigenvalue weighted by atomic mass is 10.0. The largest absolute Gasteiger partial charge is 0.444 e. The van der Waals surface area contributed by atoms with Gasteiger partial charge in [0.05, 0.1) is 19.3 Å². The van der Waals surface area contributed by atoms with Crippen LogP contribution in [-0.4, -0.2) is 42.9 Å². The average molecular weight is 330 g/mol. The molecule has 1 unspecified atom stereocenters. The minimum Gasteiger partial charge on any atom is -0.444 e. The van der Waals surface area contributed by atoms with Crippen LogP contribution in [0.1, 0.15) is 29.8 Å². The number of carbonyl (C=O) groups excluding carboxylic acids is 1. The van der Waals surface area contributed by atoms with Crippen LogP contribution in [0.25, 0.3) is 0 Å². The first-order chi connectivity index (χ1) is 9.25. The second-order valence-corrected chi connectivity index (χ2v) is 5.56. The van der Waals surface area contributed by atoms with Crippen LogP contribution in [0.5, 0.6) is 0 Å². The van der Waals surface area contributed by atoms with Crippen LogP contribution in [0.15, 0.2) is 21.2 Å². The summed E-state index contributed by atoms with van der Waals surface area (Å²) in [6.45, 7) is 1.94. The van der Waals surface area contributed by atoms with Gasteiger partial charge in [0.15, 0.2) is 16.7 Å². The molecule has 1 amide bonds. The first kappa shape index (κ1) is 13.1. The number of hydrogen-bond donors (Lipinski definition) is 0. The molecule has 3 heterocycles. The van der Waals surface area contributed by atoms with E-state index >= 15 is 0 Å². The van der Waals surface area contributed by atoms with Crippen molar-refractivity contribution in [2.24, 2.45) is 0 Å². The third-order valence-corrected chi connectivity index (χ3v) is 3.98. The molecule has 0 aliphatic carbocycles. The number of nitrogens with zero attached hydrogens (tertiary/aromatic N) is 1. The molecule has 0 aromatic carbocycles. The highest BCUT2D eigenvalue weighted by Crippen LogP contribution is 2.26. The summed E-state index contributed by atoms with van der Waals surface area (Å²) in [7, 11) is 0. The van der Waals surface area contributed by atoms with Gasteiger partial charge in [-0.25, -0.2) is 0 Å². The van der Waals surface area contributed by atoms with Crippen LogP contribution in [0.2, 0.25) is 0 Å². The summed E-state index contributed by atoms with van der Waals surface area (Å²) in [4.78, 5) is 14.3. The Labute approximate surface area is 120 Å². The Morgan fingerprint density at radius 1 is 1.26 bits per heavy atom. The second-order valence-electron chi connectivity index (χ2n) is 4.78. The van der Waals surface area contributed by atoms with E-state index in [1.54, 1.807) is 12.1 Å². The maximum absolute atomic E-state index is 12.5. The topological polar surface area (TPSA) is 51.9 Å². The summed E-state index contributed by atoms with van der Waals surface area (Å²) in [6, 6.07) is 3.41. The highest BCUT2D eigenvalue weighted by atomic mass is 79.9. The van der Waals surface area contributed by atoms with E-state index in [1.807, 2.05) is 4.90 Å². The van der Waals surface area contributed by atoms with Gasteiger partial charge >= 0.3 is 0 Å². The summed E-state index contributed by atoms with van der Waals surface area (Å²) in [5, 5.41) is 0. The van der Waals surface area contributed by atoms with Crippen LogP contribution in [0.4, 0.5) is 0 Å². The van der Waals surface area contributed by atoms with E-state index in [-0.39, 0.29) is 18.2 Å². The third-order valence-electron chi connectivity index (χ3n) is 3.56. The van der Waals surface area contributed by atoms with Crippen LogP contribution in [-0.2, 0) is 9.47 Å². The van der Waals surface area contributed by atoms with E-state index in [1.165, 1.54) is 0 Å². The van der Waals surface area contributed by atoms with Crippen LogP contribution >= 0.6 is 15.9 Å². The third kappa shape index (κ3) is 2.70. The van der Waals surface area contributed by atoms with Crippen molar-refractivity contribution in [3.8, 4) is 0 Å². The van der Waals surface area contributed by atoms with Crippen molar-refractivity contribution >= 4 is 21.8 Å². The molecule has 0 spiro atoms. The van der Waals surface area contributed by atoms with Gasteiger partial charge in [-0.2, -0.15) is 0 Å². The van der Waals surface area contributed by atoms with Gasteiger partial charge in [-0.05, 0) is 47.3 Å². The van der Waals surface area contributed by atoms with E-state index in [2.05, 4.69) is 15.9 Å². The monoisotopic (exact) mass is 329 g/mol. The predicted molar refractivity (Wildman–Crippen MR) is 70.8 cm³/mol. The van der Waals surface area contributed by atoms with Crippen LogP contribution in [0, 0.1) is 0 Å². The Bertz CT molecular complexity index is 455. The number of ether oxygens (including phenoxy) is 2. The maximum atomic E-state index is 12.5. The first-order valence-electron chi connectivity index (χ1n) is 6.55. The molecule has 0 saturated carbocycles. The Hall–Kier alpha value is -0.850. The average Bonchev–Trinajstić information content (AvgIpc) is 3.09. The molecule has 2 aliphatic heterocycles. The van der Waals surface area contributed by atoms with Gasteiger partial charge in [0, 0.05) is 6.54 Å². The first-order valence-corrected chi connectivity index (χ1v) is 7.34. The van der Waals surface area contributed by atoms with Gasteiger partial charge in [0.25, 0.3) is 5.91 Å². The zero-order chi connectivity index (χ0) is 13.2. The highest BCUT2D eigenvalue weighted by Gasteiger charge is 2.37. The van der Waals surface area contributed by atoms with Gasteiger partial charge in [-0.3, -0.25) is 4.79 Å². The maximum Gasteiger partial charge on any atom is 0.290 e. The zero-order valence-corrected chi connectivity index (χ0v) is 12.1. The van der Waals surface area contributed by atoms with Crippen molar-refractivity contribution in [1.82, 2.24) is 4.90 Å². The molecule has 6 heteroatoms. The molecular weight excluding hydrogens is 314 g/mol. The second kappa shape index (κ2) is 5.64. The predicted octanol–water partition coefficient (Wildman–Crippen LogP) is 2.41. The van der Waals surface area contributed by atoms with Crippen LogP contribution < -0.4 is 0 Å². The highest BCUT2D eigenvalue weighted by molar-refractivity contribution is 9.10. The molecule has 19 heavy (non-hydrogen) atoms. The van der Waals surface area contributed by atoms with Crippen molar-refractivity contribution in [3.63, 3.8) is 0 Å². The molecule has 2 aliphatic rings. The lowest BCUT2D eigenvalue weighted by molar-refractivity contribution is -0.100.